The maximum atomic E-state index is 13.4. The maximum Gasteiger partial charge on any atom is 0.245 e. The fourth-order valence-corrected chi connectivity index (χ4v) is 2.50. The van der Waals surface area contributed by atoms with Gasteiger partial charge in [0.2, 0.25) is 11.8 Å². The SMILES string of the molecule is CC(CC(=O)Nc1ccccc1F)=NNC(=O)Cc1cccs1. The lowest BCUT2D eigenvalue weighted by atomic mass is 10.2. The zero-order chi connectivity index (χ0) is 16.7. The molecule has 2 amide bonds. The van der Waals surface area contributed by atoms with Gasteiger partial charge in [-0.3, -0.25) is 9.59 Å². The summed E-state index contributed by atoms with van der Waals surface area (Å²) < 4.78 is 13.4. The summed E-state index contributed by atoms with van der Waals surface area (Å²) in [5, 5.41) is 8.23. The number of rotatable bonds is 6. The van der Waals surface area contributed by atoms with Gasteiger partial charge in [0.1, 0.15) is 5.82 Å². The Morgan fingerprint density at radius 1 is 1.17 bits per heavy atom. The van der Waals surface area contributed by atoms with Gasteiger partial charge in [-0.05, 0) is 30.5 Å². The number of hydrogen-bond acceptors (Lipinski definition) is 4. The Kier molecular flexibility index (Phi) is 5.99. The van der Waals surface area contributed by atoms with Gasteiger partial charge in [0, 0.05) is 10.6 Å². The minimum Gasteiger partial charge on any atom is -0.323 e. The quantitative estimate of drug-likeness (QED) is 0.630. The molecule has 5 nitrogen and oxygen atoms in total. The van der Waals surface area contributed by atoms with Gasteiger partial charge in [-0.2, -0.15) is 5.10 Å². The molecule has 0 spiro atoms. The van der Waals surface area contributed by atoms with Crippen LogP contribution in [-0.4, -0.2) is 17.5 Å². The van der Waals surface area contributed by atoms with Crippen LogP contribution in [0.25, 0.3) is 0 Å². The second kappa shape index (κ2) is 8.19. The van der Waals surface area contributed by atoms with Crippen LogP contribution < -0.4 is 10.7 Å². The Hall–Kier alpha value is -2.54. The predicted molar refractivity (Wildman–Crippen MR) is 88.9 cm³/mol. The monoisotopic (exact) mass is 333 g/mol. The van der Waals surface area contributed by atoms with Gasteiger partial charge >= 0.3 is 0 Å². The van der Waals surface area contributed by atoms with E-state index in [1.54, 1.807) is 19.1 Å². The lowest BCUT2D eigenvalue weighted by Crippen LogP contribution is -2.22. The number of halogens is 1. The molecular weight excluding hydrogens is 317 g/mol. The van der Waals surface area contributed by atoms with Gasteiger partial charge in [-0.15, -0.1) is 11.3 Å². The highest BCUT2D eigenvalue weighted by Gasteiger charge is 2.08. The Bertz CT molecular complexity index is 714. The molecule has 0 atom stereocenters. The van der Waals surface area contributed by atoms with E-state index in [4.69, 9.17) is 0 Å². The van der Waals surface area contributed by atoms with Crippen LogP contribution in [0, 0.1) is 5.82 Å². The van der Waals surface area contributed by atoms with E-state index in [0.29, 0.717) is 5.71 Å². The summed E-state index contributed by atoms with van der Waals surface area (Å²) in [7, 11) is 0. The first-order valence-electron chi connectivity index (χ1n) is 6.93. The van der Waals surface area contributed by atoms with E-state index in [1.165, 1.54) is 23.5 Å². The summed E-state index contributed by atoms with van der Waals surface area (Å²) >= 11 is 1.49. The largest absolute Gasteiger partial charge is 0.323 e. The van der Waals surface area contributed by atoms with Gasteiger partial charge in [0.25, 0.3) is 0 Å². The number of benzene rings is 1. The molecule has 0 bridgehead atoms. The van der Waals surface area contributed by atoms with Crippen molar-refractivity contribution in [2.24, 2.45) is 5.10 Å². The van der Waals surface area contributed by atoms with Gasteiger partial charge in [0.15, 0.2) is 0 Å². The van der Waals surface area contributed by atoms with Crippen LogP contribution in [0.3, 0.4) is 0 Å². The minimum absolute atomic E-state index is 0.0341. The van der Waals surface area contributed by atoms with Crippen molar-refractivity contribution < 1.29 is 14.0 Å². The fourth-order valence-electron chi connectivity index (χ4n) is 1.80. The molecule has 1 aromatic heterocycles. The van der Waals surface area contributed by atoms with E-state index in [2.05, 4.69) is 15.8 Å². The van der Waals surface area contributed by atoms with E-state index >= 15 is 0 Å². The summed E-state index contributed by atoms with van der Waals surface area (Å²) in [4.78, 5) is 24.4. The number of carbonyl (C=O) groups is 2. The summed E-state index contributed by atoms with van der Waals surface area (Å²) in [5.41, 5.74) is 2.95. The molecule has 0 radical (unpaired) electrons. The second-order valence-electron chi connectivity index (χ2n) is 4.84. The fraction of sp³-hybridized carbons (Fsp3) is 0.188. The van der Waals surface area contributed by atoms with Crippen LogP contribution in [0.15, 0.2) is 46.9 Å². The van der Waals surface area contributed by atoms with Crippen molar-refractivity contribution >= 4 is 34.6 Å². The molecule has 0 aliphatic rings. The van der Waals surface area contributed by atoms with Crippen LogP contribution >= 0.6 is 11.3 Å². The summed E-state index contributed by atoms with van der Waals surface area (Å²) in [6.45, 7) is 1.62. The lowest BCUT2D eigenvalue weighted by Gasteiger charge is -2.06. The molecule has 0 aliphatic carbocycles. The summed E-state index contributed by atoms with van der Waals surface area (Å²) in [5.74, 6) is -1.15. The van der Waals surface area contributed by atoms with Crippen LogP contribution in [0.2, 0.25) is 0 Å². The third-order valence-corrected chi connectivity index (χ3v) is 3.73. The van der Waals surface area contributed by atoms with Crippen molar-refractivity contribution in [2.45, 2.75) is 19.8 Å². The highest BCUT2D eigenvalue weighted by Crippen LogP contribution is 2.12. The highest BCUT2D eigenvalue weighted by atomic mass is 32.1. The smallest absolute Gasteiger partial charge is 0.245 e. The Balaban J connectivity index is 1.81. The average molecular weight is 333 g/mol. The zero-order valence-corrected chi connectivity index (χ0v) is 13.3. The molecule has 0 saturated heterocycles. The molecule has 0 fully saturated rings. The van der Waals surface area contributed by atoms with Crippen LogP contribution in [-0.2, 0) is 16.0 Å². The second-order valence-corrected chi connectivity index (χ2v) is 5.88. The number of carbonyl (C=O) groups excluding carboxylic acids is 2. The Labute approximate surface area is 137 Å². The summed E-state index contributed by atoms with van der Waals surface area (Å²) in [6.07, 6.45) is 0.212. The Morgan fingerprint density at radius 2 is 1.96 bits per heavy atom. The highest BCUT2D eigenvalue weighted by molar-refractivity contribution is 7.10. The number of amides is 2. The molecule has 7 heteroatoms. The van der Waals surface area contributed by atoms with Crippen LogP contribution in [0.4, 0.5) is 10.1 Å². The average Bonchev–Trinajstić information content (AvgIpc) is 3.00. The first-order chi connectivity index (χ1) is 11.0. The molecule has 2 rings (SSSR count). The molecule has 0 aliphatic heterocycles. The third-order valence-electron chi connectivity index (χ3n) is 2.85. The minimum atomic E-state index is -0.500. The molecule has 1 heterocycles. The molecule has 0 saturated carbocycles. The normalized spacial score (nSPS) is 11.1. The van der Waals surface area contributed by atoms with Gasteiger partial charge in [-0.1, -0.05) is 18.2 Å². The van der Waals surface area contributed by atoms with Crippen molar-refractivity contribution in [3.63, 3.8) is 0 Å². The van der Waals surface area contributed by atoms with Gasteiger partial charge < -0.3 is 5.32 Å². The maximum absolute atomic E-state index is 13.4. The van der Waals surface area contributed by atoms with Crippen molar-refractivity contribution in [1.82, 2.24) is 5.43 Å². The van der Waals surface area contributed by atoms with Gasteiger partial charge in [0.05, 0.1) is 18.5 Å². The number of hydrogen-bond donors (Lipinski definition) is 2. The number of hydrazone groups is 1. The van der Waals surface area contributed by atoms with Crippen molar-refractivity contribution in [2.75, 3.05) is 5.32 Å². The van der Waals surface area contributed by atoms with E-state index in [0.717, 1.165) is 4.88 Å². The molecule has 0 unspecified atom stereocenters. The Morgan fingerprint density at radius 3 is 2.65 bits per heavy atom. The van der Waals surface area contributed by atoms with Crippen LogP contribution in [0.5, 0.6) is 0 Å². The van der Waals surface area contributed by atoms with E-state index < -0.39 is 11.7 Å². The standard InChI is InChI=1S/C16H16FN3O2S/c1-11(19-20-16(22)10-12-5-4-8-23-12)9-15(21)18-14-7-3-2-6-13(14)17/h2-8H,9-10H2,1H3,(H,18,21)(H,20,22). The third kappa shape index (κ3) is 5.63. The molecule has 120 valence electrons. The molecule has 23 heavy (non-hydrogen) atoms. The van der Waals surface area contributed by atoms with Crippen molar-refractivity contribution in [3.05, 3.63) is 52.5 Å². The topological polar surface area (TPSA) is 70.6 Å². The number of para-hydroxylation sites is 1. The predicted octanol–water partition coefficient (Wildman–Crippen LogP) is 2.95. The zero-order valence-electron chi connectivity index (χ0n) is 12.5. The first kappa shape index (κ1) is 16.8. The van der Waals surface area contributed by atoms with Crippen molar-refractivity contribution in [3.8, 4) is 0 Å². The molecule has 1 aromatic carbocycles. The number of thiophene rings is 1. The number of anilines is 1. The van der Waals surface area contributed by atoms with Gasteiger partial charge in [-0.25, -0.2) is 9.82 Å². The van der Waals surface area contributed by atoms with E-state index in [1.807, 2.05) is 17.5 Å². The van der Waals surface area contributed by atoms with Crippen molar-refractivity contribution in [1.29, 1.82) is 0 Å². The molecular formula is C16H16FN3O2S. The van der Waals surface area contributed by atoms with E-state index in [9.17, 15) is 14.0 Å². The first-order valence-corrected chi connectivity index (χ1v) is 7.81. The van der Waals surface area contributed by atoms with E-state index in [-0.39, 0.29) is 24.4 Å². The molecule has 2 aromatic rings. The number of nitrogens with one attached hydrogen (secondary N) is 2. The molecule has 2 N–H and O–H groups in total. The van der Waals surface area contributed by atoms with Crippen LogP contribution in [0.1, 0.15) is 18.2 Å². The lowest BCUT2D eigenvalue weighted by molar-refractivity contribution is -0.120. The summed E-state index contributed by atoms with van der Waals surface area (Å²) in [6, 6.07) is 9.65. The number of nitrogens with zero attached hydrogens (tertiary/aromatic N) is 1.